The van der Waals surface area contributed by atoms with Crippen molar-refractivity contribution in [3.63, 3.8) is 0 Å². The predicted octanol–water partition coefficient (Wildman–Crippen LogP) is 2.09. The van der Waals surface area contributed by atoms with Crippen LogP contribution in [0.3, 0.4) is 0 Å². The minimum atomic E-state index is -0.186. The maximum Gasteiger partial charge on any atom is 0.315 e. The van der Waals surface area contributed by atoms with E-state index in [1.165, 1.54) is 0 Å². The van der Waals surface area contributed by atoms with E-state index in [0.29, 0.717) is 24.7 Å². The van der Waals surface area contributed by atoms with Gasteiger partial charge in [-0.1, -0.05) is 6.07 Å². The van der Waals surface area contributed by atoms with Gasteiger partial charge in [0.1, 0.15) is 6.61 Å². The second-order valence-electron chi connectivity index (χ2n) is 4.56. The van der Waals surface area contributed by atoms with Gasteiger partial charge in [-0.15, -0.1) is 0 Å². The molecule has 0 fully saturated rings. The van der Waals surface area contributed by atoms with E-state index in [1.807, 2.05) is 39.0 Å². The van der Waals surface area contributed by atoms with Crippen LogP contribution in [0.5, 0.6) is 11.5 Å². The molecular weight excluding hydrogens is 244 g/mol. The van der Waals surface area contributed by atoms with E-state index in [0.717, 1.165) is 5.56 Å². The Balaban J connectivity index is 2.35. The van der Waals surface area contributed by atoms with Gasteiger partial charge in [0, 0.05) is 6.04 Å². The minimum absolute atomic E-state index is 0.123. The lowest BCUT2D eigenvalue weighted by atomic mass is 10.2. The van der Waals surface area contributed by atoms with Gasteiger partial charge in [-0.25, -0.2) is 4.79 Å². The molecule has 2 amide bonds. The highest BCUT2D eigenvalue weighted by Crippen LogP contribution is 2.27. The summed E-state index contributed by atoms with van der Waals surface area (Å²) in [6, 6.07) is 5.67. The summed E-state index contributed by atoms with van der Waals surface area (Å²) in [7, 11) is 1.61. The molecule has 1 aromatic rings. The molecule has 2 N–H and O–H groups in total. The molecular formula is C14H22N2O3. The average molecular weight is 266 g/mol. The zero-order valence-electron chi connectivity index (χ0n) is 11.9. The molecule has 0 aromatic heterocycles. The van der Waals surface area contributed by atoms with Crippen LogP contribution in [0.2, 0.25) is 0 Å². The van der Waals surface area contributed by atoms with Crippen LogP contribution < -0.4 is 20.1 Å². The number of amides is 2. The van der Waals surface area contributed by atoms with Gasteiger partial charge in [-0.2, -0.15) is 0 Å². The Bertz CT molecular complexity index is 419. The maximum atomic E-state index is 11.3. The van der Waals surface area contributed by atoms with Gasteiger partial charge in [0.15, 0.2) is 11.5 Å². The Morgan fingerprint density at radius 1 is 1.32 bits per heavy atom. The van der Waals surface area contributed by atoms with Crippen LogP contribution in [0.1, 0.15) is 19.4 Å². The molecule has 0 saturated heterocycles. The second kappa shape index (κ2) is 7.51. The molecule has 19 heavy (non-hydrogen) atoms. The van der Waals surface area contributed by atoms with Crippen LogP contribution >= 0.6 is 0 Å². The monoisotopic (exact) mass is 266 g/mol. The van der Waals surface area contributed by atoms with Gasteiger partial charge in [0.2, 0.25) is 0 Å². The van der Waals surface area contributed by atoms with Gasteiger partial charge in [0.25, 0.3) is 0 Å². The first-order chi connectivity index (χ1) is 9.02. The summed E-state index contributed by atoms with van der Waals surface area (Å²) >= 11 is 0. The fourth-order valence-electron chi connectivity index (χ4n) is 1.53. The first kappa shape index (κ1) is 15.1. The van der Waals surface area contributed by atoms with Crippen molar-refractivity contribution in [2.45, 2.75) is 26.8 Å². The molecule has 5 heteroatoms. The Labute approximate surface area is 114 Å². The number of rotatable bonds is 6. The summed E-state index contributed by atoms with van der Waals surface area (Å²) in [6.45, 7) is 6.64. The van der Waals surface area contributed by atoms with Crippen LogP contribution in [0, 0.1) is 6.92 Å². The zero-order valence-corrected chi connectivity index (χ0v) is 11.9. The number of aryl methyl sites for hydroxylation is 1. The lowest BCUT2D eigenvalue weighted by Crippen LogP contribution is -2.41. The average Bonchev–Trinajstić information content (AvgIpc) is 2.35. The van der Waals surface area contributed by atoms with Crippen molar-refractivity contribution in [2.24, 2.45) is 0 Å². The third-order valence-corrected chi connectivity index (χ3v) is 2.38. The van der Waals surface area contributed by atoms with Crippen LogP contribution in [-0.2, 0) is 0 Å². The number of urea groups is 1. The molecule has 106 valence electrons. The Hall–Kier alpha value is -1.91. The summed E-state index contributed by atoms with van der Waals surface area (Å²) in [5, 5.41) is 5.46. The standard InChI is InChI=1S/C14H22N2O3/c1-10(2)16-14(17)15-7-8-19-12-6-5-11(3)9-13(12)18-4/h5-6,9-10H,7-8H2,1-4H3,(H2,15,16,17). The van der Waals surface area contributed by atoms with Crippen molar-refractivity contribution in [3.8, 4) is 11.5 Å². The van der Waals surface area contributed by atoms with Gasteiger partial charge >= 0.3 is 6.03 Å². The van der Waals surface area contributed by atoms with Crippen molar-refractivity contribution >= 4 is 6.03 Å². The molecule has 0 radical (unpaired) electrons. The summed E-state index contributed by atoms with van der Waals surface area (Å²) in [4.78, 5) is 11.3. The van der Waals surface area contributed by atoms with E-state index < -0.39 is 0 Å². The molecule has 0 saturated carbocycles. The Kier molecular flexibility index (Phi) is 5.99. The van der Waals surface area contributed by atoms with Gasteiger partial charge in [-0.05, 0) is 38.5 Å². The Morgan fingerprint density at radius 2 is 2.05 bits per heavy atom. The summed E-state index contributed by atoms with van der Waals surface area (Å²) in [6.07, 6.45) is 0. The first-order valence-corrected chi connectivity index (χ1v) is 6.34. The van der Waals surface area contributed by atoms with Crippen LogP contribution in [0.4, 0.5) is 4.79 Å². The highest BCUT2D eigenvalue weighted by Gasteiger charge is 2.05. The number of methoxy groups -OCH3 is 1. The second-order valence-corrected chi connectivity index (χ2v) is 4.56. The molecule has 0 bridgehead atoms. The lowest BCUT2D eigenvalue weighted by Gasteiger charge is -2.13. The molecule has 0 heterocycles. The molecule has 0 aliphatic rings. The number of carbonyl (C=O) groups excluding carboxylic acids is 1. The SMILES string of the molecule is COc1cc(C)ccc1OCCNC(=O)NC(C)C. The number of ether oxygens (including phenoxy) is 2. The van der Waals surface area contributed by atoms with Crippen molar-refractivity contribution in [2.75, 3.05) is 20.3 Å². The smallest absolute Gasteiger partial charge is 0.315 e. The van der Waals surface area contributed by atoms with E-state index in [2.05, 4.69) is 10.6 Å². The predicted molar refractivity (Wildman–Crippen MR) is 74.9 cm³/mol. The fraction of sp³-hybridized carbons (Fsp3) is 0.500. The lowest BCUT2D eigenvalue weighted by molar-refractivity contribution is 0.233. The number of hydrogen-bond acceptors (Lipinski definition) is 3. The van der Waals surface area contributed by atoms with E-state index in [-0.39, 0.29) is 12.1 Å². The molecule has 0 spiro atoms. The Morgan fingerprint density at radius 3 is 2.68 bits per heavy atom. The number of hydrogen-bond donors (Lipinski definition) is 2. The topological polar surface area (TPSA) is 59.6 Å². The number of benzene rings is 1. The van der Waals surface area contributed by atoms with Crippen molar-refractivity contribution in [1.82, 2.24) is 10.6 Å². The minimum Gasteiger partial charge on any atom is -0.493 e. The summed E-state index contributed by atoms with van der Waals surface area (Å²) in [5.74, 6) is 1.38. The molecule has 0 unspecified atom stereocenters. The third-order valence-electron chi connectivity index (χ3n) is 2.38. The molecule has 5 nitrogen and oxygen atoms in total. The first-order valence-electron chi connectivity index (χ1n) is 6.34. The van der Waals surface area contributed by atoms with E-state index >= 15 is 0 Å². The van der Waals surface area contributed by atoms with Gasteiger partial charge < -0.3 is 20.1 Å². The van der Waals surface area contributed by atoms with Gasteiger partial charge in [-0.3, -0.25) is 0 Å². The molecule has 0 aliphatic heterocycles. The van der Waals surface area contributed by atoms with Crippen LogP contribution in [-0.4, -0.2) is 32.3 Å². The number of carbonyl (C=O) groups is 1. The highest BCUT2D eigenvalue weighted by atomic mass is 16.5. The zero-order chi connectivity index (χ0) is 14.3. The fourth-order valence-corrected chi connectivity index (χ4v) is 1.53. The molecule has 1 rings (SSSR count). The quantitative estimate of drug-likeness (QED) is 0.775. The van der Waals surface area contributed by atoms with Gasteiger partial charge in [0.05, 0.1) is 13.7 Å². The highest BCUT2D eigenvalue weighted by molar-refractivity contribution is 5.74. The normalized spacial score (nSPS) is 10.2. The number of nitrogens with one attached hydrogen (secondary N) is 2. The van der Waals surface area contributed by atoms with E-state index in [9.17, 15) is 4.79 Å². The van der Waals surface area contributed by atoms with Crippen molar-refractivity contribution in [1.29, 1.82) is 0 Å². The molecule has 0 atom stereocenters. The van der Waals surface area contributed by atoms with Crippen molar-refractivity contribution in [3.05, 3.63) is 23.8 Å². The summed E-state index contributed by atoms with van der Waals surface area (Å²) < 4.78 is 10.8. The van der Waals surface area contributed by atoms with Crippen LogP contribution in [0.25, 0.3) is 0 Å². The molecule has 1 aromatic carbocycles. The van der Waals surface area contributed by atoms with Crippen molar-refractivity contribution < 1.29 is 14.3 Å². The van der Waals surface area contributed by atoms with E-state index in [1.54, 1.807) is 7.11 Å². The van der Waals surface area contributed by atoms with Crippen LogP contribution in [0.15, 0.2) is 18.2 Å². The molecule has 0 aliphatic carbocycles. The largest absolute Gasteiger partial charge is 0.493 e. The maximum absolute atomic E-state index is 11.3. The summed E-state index contributed by atoms with van der Waals surface area (Å²) in [5.41, 5.74) is 1.11. The third kappa shape index (κ3) is 5.50. The van der Waals surface area contributed by atoms with E-state index in [4.69, 9.17) is 9.47 Å².